The molecular formula is C13H12N2O5S. The summed E-state index contributed by atoms with van der Waals surface area (Å²) in [6.07, 6.45) is 2.12. The van der Waals surface area contributed by atoms with Gasteiger partial charge in [-0.05, 0) is 6.07 Å². The third kappa shape index (κ3) is 2.81. The molecule has 3 rings (SSSR count). The highest BCUT2D eigenvalue weighted by Crippen LogP contribution is 2.24. The van der Waals surface area contributed by atoms with E-state index in [9.17, 15) is 9.59 Å². The molecule has 1 amide bonds. The molecule has 110 valence electrons. The fourth-order valence-corrected chi connectivity index (χ4v) is 2.82. The van der Waals surface area contributed by atoms with Crippen molar-refractivity contribution in [3.63, 3.8) is 0 Å². The van der Waals surface area contributed by atoms with Gasteiger partial charge in [-0.15, -0.1) is 11.3 Å². The first kappa shape index (κ1) is 13.8. The molecule has 21 heavy (non-hydrogen) atoms. The normalized spacial score (nSPS) is 18.7. The first-order valence-corrected chi connectivity index (χ1v) is 7.15. The maximum absolute atomic E-state index is 12.3. The van der Waals surface area contributed by atoms with E-state index in [0.717, 1.165) is 5.56 Å². The maximum Gasteiger partial charge on any atom is 0.334 e. The smallest absolute Gasteiger partial charge is 0.334 e. The first-order chi connectivity index (χ1) is 10.1. The summed E-state index contributed by atoms with van der Waals surface area (Å²) in [5, 5.41) is 11.3. The molecule has 0 saturated carbocycles. The van der Waals surface area contributed by atoms with Gasteiger partial charge in [0.05, 0.1) is 19.4 Å². The SMILES string of the molecule is O=C(O)[C@H]1CN(C(=O)c2csc(-c3ccoc3)n2)CCO1. The topological polar surface area (TPSA) is 92.9 Å². The molecule has 1 saturated heterocycles. The van der Waals surface area contributed by atoms with Gasteiger partial charge in [-0.3, -0.25) is 4.79 Å². The Kier molecular flexibility index (Phi) is 3.72. The molecule has 2 aromatic heterocycles. The average molecular weight is 308 g/mol. The van der Waals surface area contributed by atoms with Gasteiger partial charge < -0.3 is 19.2 Å². The van der Waals surface area contributed by atoms with Crippen LogP contribution in [0.25, 0.3) is 10.6 Å². The van der Waals surface area contributed by atoms with Gasteiger partial charge in [0.15, 0.2) is 6.10 Å². The number of carbonyl (C=O) groups is 2. The molecule has 1 aliphatic rings. The Morgan fingerprint density at radius 1 is 1.48 bits per heavy atom. The van der Waals surface area contributed by atoms with Crippen LogP contribution in [0, 0.1) is 0 Å². The van der Waals surface area contributed by atoms with Crippen molar-refractivity contribution in [3.05, 3.63) is 29.7 Å². The number of amides is 1. The van der Waals surface area contributed by atoms with Gasteiger partial charge in [-0.25, -0.2) is 9.78 Å². The molecule has 2 aromatic rings. The van der Waals surface area contributed by atoms with Crippen LogP contribution in [0.15, 0.2) is 28.4 Å². The second-order valence-electron chi connectivity index (χ2n) is 4.50. The quantitative estimate of drug-likeness (QED) is 0.919. The third-order valence-electron chi connectivity index (χ3n) is 3.12. The Labute approximate surface area is 123 Å². The zero-order valence-corrected chi connectivity index (χ0v) is 11.7. The minimum atomic E-state index is -1.06. The number of hydrogen-bond donors (Lipinski definition) is 1. The Hall–Kier alpha value is -2.19. The second kappa shape index (κ2) is 5.66. The van der Waals surface area contributed by atoms with Crippen LogP contribution in [-0.2, 0) is 9.53 Å². The van der Waals surface area contributed by atoms with Crippen LogP contribution in [0.5, 0.6) is 0 Å². The van der Waals surface area contributed by atoms with E-state index in [-0.39, 0.29) is 19.1 Å². The summed E-state index contributed by atoms with van der Waals surface area (Å²) in [5.41, 5.74) is 1.12. The summed E-state index contributed by atoms with van der Waals surface area (Å²) in [6, 6.07) is 1.77. The van der Waals surface area contributed by atoms with E-state index in [1.54, 1.807) is 17.7 Å². The molecule has 1 aliphatic heterocycles. The van der Waals surface area contributed by atoms with Crippen LogP contribution < -0.4 is 0 Å². The van der Waals surface area contributed by atoms with Crippen molar-refractivity contribution in [3.8, 4) is 10.6 Å². The van der Waals surface area contributed by atoms with E-state index < -0.39 is 12.1 Å². The van der Waals surface area contributed by atoms with E-state index in [1.807, 2.05) is 0 Å². The Bertz CT molecular complexity index is 651. The number of aromatic nitrogens is 1. The van der Waals surface area contributed by atoms with Gasteiger partial charge in [-0.2, -0.15) is 0 Å². The van der Waals surface area contributed by atoms with Crippen molar-refractivity contribution in [1.82, 2.24) is 9.88 Å². The van der Waals surface area contributed by atoms with Crippen LogP contribution >= 0.6 is 11.3 Å². The molecule has 0 radical (unpaired) electrons. The molecule has 0 spiro atoms. The van der Waals surface area contributed by atoms with Gasteiger partial charge in [0, 0.05) is 17.5 Å². The second-order valence-corrected chi connectivity index (χ2v) is 5.36. The zero-order chi connectivity index (χ0) is 14.8. The lowest BCUT2D eigenvalue weighted by atomic mass is 10.2. The predicted octanol–water partition coefficient (Wildman–Crippen LogP) is 1.33. The van der Waals surface area contributed by atoms with Gasteiger partial charge >= 0.3 is 5.97 Å². The van der Waals surface area contributed by atoms with Crippen molar-refractivity contribution >= 4 is 23.2 Å². The summed E-state index contributed by atoms with van der Waals surface area (Å²) in [5.74, 6) is -1.35. The molecule has 0 aromatic carbocycles. The number of thiazole rings is 1. The van der Waals surface area contributed by atoms with Crippen molar-refractivity contribution in [2.75, 3.05) is 19.7 Å². The van der Waals surface area contributed by atoms with Gasteiger partial charge in [0.2, 0.25) is 0 Å². The standard InChI is InChI=1S/C13H12N2O5S/c16-12(15-2-4-20-10(5-15)13(17)18)9-7-21-11(14-9)8-1-3-19-6-8/h1,3,6-7,10H,2,4-5H2,(H,17,18)/t10-/m1/s1. The summed E-state index contributed by atoms with van der Waals surface area (Å²) in [4.78, 5) is 29.0. The maximum atomic E-state index is 12.3. The fourth-order valence-electron chi connectivity index (χ4n) is 2.04. The van der Waals surface area contributed by atoms with Gasteiger partial charge in [-0.1, -0.05) is 0 Å². The summed E-state index contributed by atoms with van der Waals surface area (Å²) >= 11 is 1.34. The highest BCUT2D eigenvalue weighted by atomic mass is 32.1. The Morgan fingerprint density at radius 2 is 2.33 bits per heavy atom. The number of ether oxygens (including phenoxy) is 1. The molecule has 1 fully saturated rings. The van der Waals surface area contributed by atoms with Gasteiger partial charge in [0.25, 0.3) is 5.91 Å². The number of furan rings is 1. The molecule has 8 heteroatoms. The van der Waals surface area contributed by atoms with Crippen molar-refractivity contribution in [2.45, 2.75) is 6.10 Å². The number of nitrogens with zero attached hydrogens (tertiary/aromatic N) is 2. The molecule has 0 unspecified atom stereocenters. The van der Waals surface area contributed by atoms with Crippen LogP contribution in [0.4, 0.5) is 0 Å². The van der Waals surface area contributed by atoms with E-state index in [2.05, 4.69) is 4.98 Å². The Morgan fingerprint density at radius 3 is 3.05 bits per heavy atom. The molecular weight excluding hydrogens is 296 g/mol. The molecule has 1 N–H and O–H groups in total. The van der Waals surface area contributed by atoms with Crippen LogP contribution in [0.2, 0.25) is 0 Å². The molecule has 7 nitrogen and oxygen atoms in total. The zero-order valence-electron chi connectivity index (χ0n) is 10.9. The highest BCUT2D eigenvalue weighted by molar-refractivity contribution is 7.13. The highest BCUT2D eigenvalue weighted by Gasteiger charge is 2.30. The predicted molar refractivity (Wildman–Crippen MR) is 73.1 cm³/mol. The summed E-state index contributed by atoms with van der Waals surface area (Å²) < 4.78 is 10.1. The van der Waals surface area contributed by atoms with Crippen molar-refractivity contribution in [2.24, 2.45) is 0 Å². The minimum Gasteiger partial charge on any atom is -0.479 e. The number of carboxylic acid groups (broad SMARTS) is 1. The lowest BCUT2D eigenvalue weighted by molar-refractivity contribution is -0.154. The largest absolute Gasteiger partial charge is 0.479 e. The van der Waals surface area contributed by atoms with Gasteiger partial charge in [0.1, 0.15) is 17.0 Å². The van der Waals surface area contributed by atoms with Crippen molar-refractivity contribution < 1.29 is 23.8 Å². The summed E-state index contributed by atoms with van der Waals surface area (Å²) in [6.45, 7) is 0.607. The summed E-state index contributed by atoms with van der Waals surface area (Å²) in [7, 11) is 0. The van der Waals surface area contributed by atoms with Crippen LogP contribution in [0.1, 0.15) is 10.5 Å². The molecule has 1 atom stereocenters. The minimum absolute atomic E-state index is 0.0345. The van der Waals surface area contributed by atoms with E-state index in [1.165, 1.54) is 22.5 Å². The number of carbonyl (C=O) groups excluding carboxylic acids is 1. The van der Waals surface area contributed by atoms with Crippen LogP contribution in [0.3, 0.4) is 0 Å². The van der Waals surface area contributed by atoms with E-state index in [0.29, 0.717) is 17.2 Å². The fraction of sp³-hybridized carbons (Fsp3) is 0.308. The molecule has 0 bridgehead atoms. The lowest BCUT2D eigenvalue weighted by Crippen LogP contribution is -2.48. The lowest BCUT2D eigenvalue weighted by Gasteiger charge is -2.30. The number of carboxylic acids is 1. The first-order valence-electron chi connectivity index (χ1n) is 6.27. The van der Waals surface area contributed by atoms with Crippen molar-refractivity contribution in [1.29, 1.82) is 0 Å². The monoisotopic (exact) mass is 308 g/mol. The van der Waals surface area contributed by atoms with Crippen LogP contribution in [-0.4, -0.2) is 52.7 Å². The number of morpholine rings is 1. The number of rotatable bonds is 3. The molecule has 0 aliphatic carbocycles. The van der Waals surface area contributed by atoms with E-state index >= 15 is 0 Å². The Balaban J connectivity index is 1.74. The number of aliphatic carboxylic acids is 1. The average Bonchev–Trinajstić information content (AvgIpc) is 3.17. The third-order valence-corrected chi connectivity index (χ3v) is 4.01. The molecule has 3 heterocycles. The van der Waals surface area contributed by atoms with E-state index in [4.69, 9.17) is 14.3 Å². The number of hydrogen-bond acceptors (Lipinski definition) is 6.